The Labute approximate surface area is 242 Å². The first-order valence-corrected chi connectivity index (χ1v) is 14.4. The zero-order valence-electron chi connectivity index (χ0n) is 21.5. The first-order chi connectivity index (χ1) is 19.9. The number of fused-ring (bicyclic) bond motifs is 1. The van der Waals surface area contributed by atoms with Gasteiger partial charge in [-0.25, -0.2) is 33.2 Å². The lowest BCUT2D eigenvalue weighted by molar-refractivity contribution is -0.151. The van der Waals surface area contributed by atoms with E-state index in [0.29, 0.717) is 12.1 Å². The van der Waals surface area contributed by atoms with Crippen molar-refractivity contribution >= 4 is 44.4 Å². The van der Waals surface area contributed by atoms with Gasteiger partial charge in [-0.2, -0.15) is 23.3 Å². The highest BCUT2D eigenvalue weighted by Crippen LogP contribution is 2.51. The van der Waals surface area contributed by atoms with E-state index in [4.69, 9.17) is 16.7 Å². The number of hydrogen-bond donors (Lipinski definition) is 3. The van der Waals surface area contributed by atoms with Gasteiger partial charge < -0.3 is 10.6 Å². The quantitative estimate of drug-likeness (QED) is 0.225. The smallest absolute Gasteiger partial charge is 0.354 e. The molecule has 3 aromatic heterocycles. The molecule has 1 fully saturated rings. The third kappa shape index (κ3) is 5.45. The molecule has 1 saturated carbocycles. The highest BCUT2D eigenvalue weighted by molar-refractivity contribution is 7.89. The maximum Gasteiger partial charge on any atom is 0.411 e. The largest absolute Gasteiger partial charge is 0.411 e. The molecule has 1 aliphatic rings. The van der Waals surface area contributed by atoms with Crippen LogP contribution in [-0.4, -0.2) is 49.8 Å². The molecule has 0 amide bonds. The van der Waals surface area contributed by atoms with Gasteiger partial charge in [0, 0.05) is 12.1 Å². The van der Waals surface area contributed by atoms with Crippen molar-refractivity contribution in [2.75, 3.05) is 10.6 Å². The van der Waals surface area contributed by atoms with Crippen LogP contribution in [0.1, 0.15) is 18.4 Å². The van der Waals surface area contributed by atoms with Gasteiger partial charge in [0.05, 0.1) is 21.9 Å². The van der Waals surface area contributed by atoms with Crippen LogP contribution in [0.2, 0.25) is 5.02 Å². The Morgan fingerprint density at radius 2 is 1.79 bits per heavy atom. The van der Waals surface area contributed by atoms with Crippen LogP contribution < -0.4 is 15.8 Å². The molecule has 3 heterocycles. The lowest BCUT2D eigenvalue weighted by Gasteiger charge is -2.22. The van der Waals surface area contributed by atoms with E-state index in [-0.39, 0.29) is 51.3 Å². The number of aromatic nitrogens is 6. The summed E-state index contributed by atoms with van der Waals surface area (Å²) in [6, 6.07) is 14.7. The Balaban J connectivity index is 1.35. The minimum Gasteiger partial charge on any atom is -0.354 e. The lowest BCUT2D eigenvalue weighted by Crippen LogP contribution is -2.39. The van der Waals surface area contributed by atoms with Gasteiger partial charge >= 0.3 is 6.18 Å². The molecule has 16 heteroatoms. The number of sulfonamides is 1. The minimum atomic E-state index is -4.51. The average Bonchev–Trinajstić information content (AvgIpc) is 3.54. The van der Waals surface area contributed by atoms with Crippen LogP contribution in [-0.2, 0) is 16.6 Å². The fourth-order valence-electron chi connectivity index (χ4n) is 4.34. The Kier molecular flexibility index (Phi) is 6.74. The van der Waals surface area contributed by atoms with Crippen LogP contribution in [0.4, 0.5) is 24.9 Å². The van der Waals surface area contributed by atoms with Gasteiger partial charge in [-0.3, -0.25) is 0 Å². The Morgan fingerprint density at radius 1 is 1.02 bits per heavy atom. The normalized spacial score (nSPS) is 14.6. The Hall–Kier alpha value is -4.34. The van der Waals surface area contributed by atoms with Gasteiger partial charge in [-0.1, -0.05) is 29.8 Å². The summed E-state index contributed by atoms with van der Waals surface area (Å²) in [6.45, 7) is 0.291. The van der Waals surface area contributed by atoms with E-state index < -0.39 is 21.7 Å². The number of halogens is 4. The summed E-state index contributed by atoms with van der Waals surface area (Å²) < 4.78 is 67.2. The predicted octanol–water partition coefficient (Wildman–Crippen LogP) is 4.69. The van der Waals surface area contributed by atoms with Crippen LogP contribution in [0.3, 0.4) is 0 Å². The number of primary sulfonamides is 1. The summed E-state index contributed by atoms with van der Waals surface area (Å²) in [6.07, 6.45) is -1.74. The van der Waals surface area contributed by atoms with Crippen molar-refractivity contribution in [3.63, 3.8) is 0 Å². The fourth-order valence-corrected chi connectivity index (χ4v) is 5.41. The van der Waals surface area contributed by atoms with Crippen LogP contribution in [0, 0.1) is 0 Å². The Morgan fingerprint density at radius 3 is 2.43 bits per heavy atom. The Bertz CT molecular complexity index is 1900. The van der Waals surface area contributed by atoms with E-state index in [1.807, 2.05) is 24.3 Å². The highest BCUT2D eigenvalue weighted by Gasteiger charge is 2.64. The van der Waals surface area contributed by atoms with Crippen LogP contribution in [0.25, 0.3) is 28.0 Å². The molecule has 0 bridgehead atoms. The van der Waals surface area contributed by atoms with Gasteiger partial charge in [0.25, 0.3) is 0 Å². The fraction of sp³-hybridized carbons (Fsp3) is 0.192. The summed E-state index contributed by atoms with van der Waals surface area (Å²) in [5, 5.41) is 14.9. The average molecular weight is 616 g/mol. The van der Waals surface area contributed by atoms with E-state index >= 15 is 0 Å². The van der Waals surface area contributed by atoms with Gasteiger partial charge in [-0.05, 0) is 54.8 Å². The molecule has 42 heavy (non-hydrogen) atoms. The van der Waals surface area contributed by atoms with Gasteiger partial charge in [0.15, 0.2) is 5.82 Å². The van der Waals surface area contributed by atoms with Gasteiger partial charge in [0.1, 0.15) is 28.6 Å². The second-order valence-electron chi connectivity index (χ2n) is 9.72. The van der Waals surface area contributed by atoms with Crippen LogP contribution in [0.15, 0.2) is 72.1 Å². The molecule has 4 N–H and O–H groups in total. The first-order valence-electron chi connectivity index (χ1n) is 12.5. The van der Waals surface area contributed by atoms with E-state index in [1.165, 1.54) is 24.5 Å². The highest BCUT2D eigenvalue weighted by atomic mass is 35.5. The number of alkyl halides is 3. The summed E-state index contributed by atoms with van der Waals surface area (Å²) in [5.74, 6) is -0.0118. The van der Waals surface area contributed by atoms with Crippen molar-refractivity contribution in [2.24, 2.45) is 5.14 Å². The number of benzene rings is 2. The second-order valence-corrected chi connectivity index (χ2v) is 11.7. The lowest BCUT2D eigenvalue weighted by atomic mass is 10.1. The number of pyridine rings is 1. The molecular formula is C26H21ClF3N9O2S. The zero-order valence-corrected chi connectivity index (χ0v) is 23.0. The van der Waals surface area contributed by atoms with E-state index in [9.17, 15) is 21.6 Å². The molecule has 0 unspecified atom stereocenters. The van der Waals surface area contributed by atoms with Crippen LogP contribution >= 0.6 is 11.6 Å². The molecule has 0 spiro atoms. The molecule has 0 aliphatic heterocycles. The van der Waals surface area contributed by atoms with Crippen molar-refractivity contribution in [2.45, 2.75) is 36.0 Å². The third-order valence-electron chi connectivity index (χ3n) is 6.80. The molecule has 0 atom stereocenters. The molecule has 0 saturated heterocycles. The maximum absolute atomic E-state index is 13.9. The summed E-state index contributed by atoms with van der Waals surface area (Å²) in [7, 11) is -4.13. The monoisotopic (exact) mass is 615 g/mol. The van der Waals surface area contributed by atoms with Crippen molar-refractivity contribution < 1.29 is 21.6 Å². The molecule has 5 aromatic rings. The SMILES string of the molecule is NS(=O)(=O)c1cc(-c2ccc3nc(NCc4ccc(-n5cncn5)cc4)nc(NC4(C(F)(F)F)CC4)c3n2)ccc1Cl. The first kappa shape index (κ1) is 27.8. The van der Waals surface area contributed by atoms with E-state index in [2.05, 4.69) is 35.7 Å². The molecule has 0 radical (unpaired) electrons. The minimum absolute atomic E-state index is 0.0719. The van der Waals surface area contributed by atoms with Crippen molar-refractivity contribution in [1.82, 2.24) is 29.7 Å². The number of anilines is 2. The van der Waals surface area contributed by atoms with Crippen molar-refractivity contribution in [3.05, 3.63) is 77.8 Å². The van der Waals surface area contributed by atoms with E-state index in [0.717, 1.165) is 11.3 Å². The summed E-state index contributed by atoms with van der Waals surface area (Å²) in [5.41, 5.74) is 0.516. The van der Waals surface area contributed by atoms with E-state index in [1.54, 1.807) is 23.1 Å². The molecule has 1 aliphatic carbocycles. The molecular weight excluding hydrogens is 595 g/mol. The molecule has 216 valence electrons. The van der Waals surface area contributed by atoms with Crippen molar-refractivity contribution in [3.8, 4) is 16.9 Å². The zero-order chi connectivity index (χ0) is 29.7. The predicted molar refractivity (Wildman–Crippen MR) is 149 cm³/mol. The standard InChI is InChI=1S/C26H21ClF3N9O2S/c27-18-6-3-16(11-21(18)42(31,40)41)19-7-8-20-22(35-19)23(38-25(9-10-25)26(28,29)30)37-24(36-20)33-12-15-1-4-17(5-2-15)39-14-32-13-34-39/h1-8,11,13-14H,9-10,12H2,(H2,31,40,41)(H2,33,36,37,38). The number of nitrogens with zero attached hydrogens (tertiary/aromatic N) is 6. The third-order valence-corrected chi connectivity index (χ3v) is 8.19. The number of hydrogen-bond acceptors (Lipinski definition) is 9. The van der Waals surface area contributed by atoms with Gasteiger partial charge in [0.2, 0.25) is 16.0 Å². The maximum atomic E-state index is 13.9. The number of rotatable bonds is 8. The topological polar surface area (TPSA) is 154 Å². The second kappa shape index (κ2) is 10.2. The molecule has 2 aromatic carbocycles. The number of nitrogens with two attached hydrogens (primary N) is 1. The summed E-state index contributed by atoms with van der Waals surface area (Å²) >= 11 is 6.00. The molecule has 6 rings (SSSR count). The van der Waals surface area contributed by atoms with Gasteiger partial charge in [-0.15, -0.1) is 0 Å². The number of nitrogens with one attached hydrogen (secondary N) is 2. The van der Waals surface area contributed by atoms with Crippen molar-refractivity contribution in [1.29, 1.82) is 0 Å². The summed E-state index contributed by atoms with van der Waals surface area (Å²) in [4.78, 5) is 17.0. The van der Waals surface area contributed by atoms with Crippen LogP contribution in [0.5, 0.6) is 0 Å². The molecule has 11 nitrogen and oxygen atoms in total.